The van der Waals surface area contributed by atoms with Crippen LogP contribution >= 0.6 is 11.8 Å². The van der Waals surface area contributed by atoms with Crippen molar-refractivity contribution in [2.75, 3.05) is 5.32 Å². The van der Waals surface area contributed by atoms with Gasteiger partial charge in [0.05, 0.1) is 22.1 Å². The van der Waals surface area contributed by atoms with Crippen LogP contribution in [0.3, 0.4) is 0 Å². The van der Waals surface area contributed by atoms with Crippen LogP contribution in [0, 0.1) is 11.3 Å². The third-order valence-electron chi connectivity index (χ3n) is 3.15. The molecule has 2 rings (SSSR count). The molecule has 0 saturated heterocycles. The van der Waals surface area contributed by atoms with Crippen molar-refractivity contribution >= 4 is 23.4 Å². The van der Waals surface area contributed by atoms with Crippen LogP contribution < -0.4 is 5.32 Å². The van der Waals surface area contributed by atoms with Crippen LogP contribution in [0.15, 0.2) is 53.4 Å². The smallest absolute Gasteiger partial charge is 0.324 e. The molecule has 7 heteroatoms. The molecule has 0 aromatic heterocycles. The number of halogens is 3. The zero-order valence-electron chi connectivity index (χ0n) is 12.6. The van der Waals surface area contributed by atoms with E-state index in [1.54, 1.807) is 31.2 Å². The lowest BCUT2D eigenvalue weighted by Crippen LogP contribution is -2.22. The van der Waals surface area contributed by atoms with Crippen LogP contribution in [0.5, 0.6) is 0 Å². The first-order valence-electron chi connectivity index (χ1n) is 6.95. The Balaban J connectivity index is 2.08. The van der Waals surface area contributed by atoms with Gasteiger partial charge in [-0.1, -0.05) is 18.2 Å². The molecule has 24 heavy (non-hydrogen) atoms. The lowest BCUT2D eigenvalue weighted by Gasteiger charge is -2.14. The molecule has 0 fully saturated rings. The van der Waals surface area contributed by atoms with E-state index in [9.17, 15) is 18.0 Å². The molecular weight excluding hydrogens is 337 g/mol. The SMILES string of the molecule is C[C@@H](Sc1cccc(C(F)(F)F)c1)C(=O)Nc1ccccc1C#N. The molecule has 0 aliphatic carbocycles. The maximum Gasteiger partial charge on any atom is 0.416 e. The molecular formula is C17H13F3N2OS. The number of nitrogens with one attached hydrogen (secondary N) is 1. The van der Waals surface area contributed by atoms with E-state index in [2.05, 4.69) is 5.32 Å². The van der Waals surface area contributed by atoms with Gasteiger partial charge in [-0.05, 0) is 37.3 Å². The molecule has 3 nitrogen and oxygen atoms in total. The van der Waals surface area contributed by atoms with Crippen molar-refractivity contribution in [1.82, 2.24) is 0 Å². The van der Waals surface area contributed by atoms with E-state index in [1.807, 2.05) is 6.07 Å². The maximum atomic E-state index is 12.7. The highest BCUT2D eigenvalue weighted by atomic mass is 32.2. The number of alkyl halides is 3. The summed E-state index contributed by atoms with van der Waals surface area (Å²) in [5.74, 6) is -0.389. The fourth-order valence-electron chi connectivity index (χ4n) is 1.93. The molecule has 2 aromatic carbocycles. The maximum absolute atomic E-state index is 12.7. The molecule has 0 saturated carbocycles. The van der Waals surface area contributed by atoms with Crippen LogP contribution in [0.25, 0.3) is 0 Å². The van der Waals surface area contributed by atoms with Gasteiger partial charge in [0.2, 0.25) is 5.91 Å². The van der Waals surface area contributed by atoms with Gasteiger partial charge in [0, 0.05) is 4.90 Å². The van der Waals surface area contributed by atoms with Crippen molar-refractivity contribution in [3.05, 3.63) is 59.7 Å². The Kier molecular flexibility index (Phi) is 5.52. The van der Waals surface area contributed by atoms with E-state index in [0.29, 0.717) is 16.1 Å². The first-order valence-corrected chi connectivity index (χ1v) is 7.83. The van der Waals surface area contributed by atoms with Gasteiger partial charge < -0.3 is 5.32 Å². The lowest BCUT2D eigenvalue weighted by molar-refractivity contribution is -0.137. The molecule has 0 unspecified atom stereocenters. The Morgan fingerprint density at radius 2 is 1.92 bits per heavy atom. The summed E-state index contributed by atoms with van der Waals surface area (Å²) in [4.78, 5) is 12.6. The molecule has 1 atom stereocenters. The van der Waals surface area contributed by atoms with Crippen LogP contribution in [0.1, 0.15) is 18.1 Å². The first-order chi connectivity index (χ1) is 11.3. The number of amides is 1. The minimum Gasteiger partial charge on any atom is -0.324 e. The van der Waals surface area contributed by atoms with Crippen molar-refractivity contribution in [2.24, 2.45) is 0 Å². The highest BCUT2D eigenvalue weighted by Crippen LogP contribution is 2.33. The largest absolute Gasteiger partial charge is 0.416 e. The predicted molar refractivity (Wildman–Crippen MR) is 86.5 cm³/mol. The summed E-state index contributed by atoms with van der Waals surface area (Å²) in [7, 11) is 0. The summed E-state index contributed by atoms with van der Waals surface area (Å²) in [5.41, 5.74) is -0.0569. The second-order valence-electron chi connectivity index (χ2n) is 4.93. The molecule has 0 aliphatic rings. The van der Waals surface area contributed by atoms with Gasteiger partial charge in [-0.15, -0.1) is 11.8 Å². The summed E-state index contributed by atoms with van der Waals surface area (Å²) in [5, 5.41) is 11.0. The normalized spacial score (nSPS) is 12.3. The number of para-hydroxylation sites is 1. The number of thioether (sulfide) groups is 1. The molecule has 124 valence electrons. The zero-order chi connectivity index (χ0) is 17.7. The first kappa shape index (κ1) is 17.9. The standard InChI is InChI=1S/C17H13F3N2OS/c1-11(16(23)22-15-8-3-2-5-12(15)10-21)24-14-7-4-6-13(9-14)17(18,19)20/h2-9,11H,1H3,(H,22,23)/t11-/m1/s1. The molecule has 0 spiro atoms. The van der Waals surface area contributed by atoms with Crippen molar-refractivity contribution in [3.8, 4) is 6.07 Å². The summed E-state index contributed by atoms with van der Waals surface area (Å²) in [6.07, 6.45) is -4.42. The summed E-state index contributed by atoms with van der Waals surface area (Å²) in [6.45, 7) is 1.59. The second kappa shape index (κ2) is 7.41. The summed E-state index contributed by atoms with van der Waals surface area (Å²) < 4.78 is 38.1. The Labute approximate surface area is 141 Å². The molecule has 1 amide bonds. The number of benzene rings is 2. The topological polar surface area (TPSA) is 52.9 Å². The van der Waals surface area contributed by atoms with Gasteiger partial charge >= 0.3 is 6.18 Å². The third-order valence-corrected chi connectivity index (χ3v) is 4.24. The molecule has 0 heterocycles. The number of nitrogens with zero attached hydrogens (tertiary/aromatic N) is 1. The minimum atomic E-state index is -4.42. The Morgan fingerprint density at radius 3 is 2.58 bits per heavy atom. The monoisotopic (exact) mass is 350 g/mol. The summed E-state index contributed by atoms with van der Waals surface area (Å²) in [6, 6.07) is 13.3. The average Bonchev–Trinajstić information content (AvgIpc) is 2.54. The van der Waals surface area contributed by atoms with Crippen LogP contribution in [-0.2, 0) is 11.0 Å². The number of anilines is 1. The molecule has 2 aromatic rings. The fourth-order valence-corrected chi connectivity index (χ4v) is 2.85. The van der Waals surface area contributed by atoms with E-state index < -0.39 is 17.0 Å². The average molecular weight is 350 g/mol. The fraction of sp³-hybridized carbons (Fsp3) is 0.176. The quantitative estimate of drug-likeness (QED) is 0.814. The highest BCUT2D eigenvalue weighted by molar-refractivity contribution is 8.00. The van der Waals surface area contributed by atoms with Crippen molar-refractivity contribution in [2.45, 2.75) is 23.2 Å². The van der Waals surface area contributed by atoms with Crippen LogP contribution in [-0.4, -0.2) is 11.2 Å². The van der Waals surface area contributed by atoms with Crippen molar-refractivity contribution in [1.29, 1.82) is 5.26 Å². The lowest BCUT2D eigenvalue weighted by atomic mass is 10.2. The Bertz CT molecular complexity index is 784. The Morgan fingerprint density at radius 1 is 1.21 bits per heavy atom. The number of hydrogen-bond acceptors (Lipinski definition) is 3. The number of hydrogen-bond donors (Lipinski definition) is 1. The van der Waals surface area contributed by atoms with Crippen molar-refractivity contribution < 1.29 is 18.0 Å². The van der Waals surface area contributed by atoms with E-state index in [0.717, 1.165) is 23.9 Å². The number of carbonyl (C=O) groups excluding carboxylic acids is 1. The van der Waals surface area contributed by atoms with Gasteiger partial charge in [0.25, 0.3) is 0 Å². The van der Waals surface area contributed by atoms with E-state index >= 15 is 0 Å². The van der Waals surface area contributed by atoms with E-state index in [-0.39, 0.29) is 5.91 Å². The van der Waals surface area contributed by atoms with Gasteiger partial charge in [-0.3, -0.25) is 4.79 Å². The zero-order valence-corrected chi connectivity index (χ0v) is 13.4. The number of carbonyl (C=O) groups is 1. The van der Waals surface area contributed by atoms with Crippen LogP contribution in [0.2, 0.25) is 0 Å². The van der Waals surface area contributed by atoms with E-state index in [4.69, 9.17) is 5.26 Å². The molecule has 0 aliphatic heterocycles. The Hall–Kier alpha value is -2.46. The number of nitriles is 1. The number of rotatable bonds is 4. The third kappa shape index (κ3) is 4.52. The van der Waals surface area contributed by atoms with Gasteiger partial charge in [-0.25, -0.2) is 0 Å². The van der Waals surface area contributed by atoms with Gasteiger partial charge in [0.15, 0.2) is 0 Å². The van der Waals surface area contributed by atoms with Gasteiger partial charge in [0.1, 0.15) is 6.07 Å². The highest BCUT2D eigenvalue weighted by Gasteiger charge is 2.30. The molecule has 0 bridgehead atoms. The molecule has 0 radical (unpaired) electrons. The summed E-state index contributed by atoms with van der Waals surface area (Å²) >= 11 is 1.02. The predicted octanol–water partition coefficient (Wildman–Crippen LogP) is 4.70. The van der Waals surface area contributed by atoms with Crippen molar-refractivity contribution in [3.63, 3.8) is 0 Å². The van der Waals surface area contributed by atoms with Gasteiger partial charge in [-0.2, -0.15) is 18.4 Å². The minimum absolute atomic E-state index is 0.321. The second-order valence-corrected chi connectivity index (χ2v) is 6.35. The molecule has 1 N–H and O–H groups in total. The van der Waals surface area contributed by atoms with Crippen LogP contribution in [0.4, 0.5) is 18.9 Å². The van der Waals surface area contributed by atoms with E-state index in [1.165, 1.54) is 12.1 Å².